The molecule has 0 spiro atoms. The van der Waals surface area contributed by atoms with Crippen LogP contribution in [0.25, 0.3) is 0 Å². The minimum Gasteiger partial charge on any atom is -0.375 e. The number of halogens is 1. The smallest absolute Gasteiger partial charge is 0.126 e. The van der Waals surface area contributed by atoms with Crippen LogP contribution in [0, 0.1) is 5.82 Å². The number of rotatable bonds is 6. The van der Waals surface area contributed by atoms with Crippen LogP contribution in [-0.4, -0.2) is 24.8 Å². The van der Waals surface area contributed by atoms with Gasteiger partial charge in [-0.1, -0.05) is 18.2 Å². The first kappa shape index (κ1) is 14.0. The van der Waals surface area contributed by atoms with E-state index in [2.05, 4.69) is 12.2 Å². The molecule has 1 saturated heterocycles. The van der Waals surface area contributed by atoms with Crippen molar-refractivity contribution < 1.29 is 9.13 Å². The van der Waals surface area contributed by atoms with Crippen molar-refractivity contribution >= 4 is 0 Å². The molecule has 2 nitrogen and oxygen atoms in total. The lowest BCUT2D eigenvalue weighted by atomic mass is 9.91. The quantitative estimate of drug-likeness (QED) is 0.857. The van der Waals surface area contributed by atoms with Crippen LogP contribution in [0.15, 0.2) is 24.3 Å². The van der Waals surface area contributed by atoms with Crippen molar-refractivity contribution in [2.45, 2.75) is 63.2 Å². The summed E-state index contributed by atoms with van der Waals surface area (Å²) in [6.07, 6.45) is 6.33. The normalized spacial score (nSPS) is 27.7. The van der Waals surface area contributed by atoms with E-state index in [1.165, 1.54) is 12.8 Å². The Morgan fingerprint density at radius 3 is 2.70 bits per heavy atom. The Balaban J connectivity index is 1.67. The van der Waals surface area contributed by atoms with Gasteiger partial charge in [0.05, 0.1) is 12.2 Å². The first-order valence-electron chi connectivity index (χ1n) is 7.85. The number of benzene rings is 1. The summed E-state index contributed by atoms with van der Waals surface area (Å²) >= 11 is 0. The van der Waals surface area contributed by atoms with Gasteiger partial charge in [0, 0.05) is 18.5 Å². The molecule has 110 valence electrons. The number of hydrogen-bond acceptors (Lipinski definition) is 2. The average molecular weight is 277 g/mol. The molecule has 3 heteroatoms. The van der Waals surface area contributed by atoms with Crippen LogP contribution in [0.4, 0.5) is 4.39 Å². The van der Waals surface area contributed by atoms with Crippen molar-refractivity contribution in [1.82, 2.24) is 5.32 Å². The van der Waals surface area contributed by atoms with Gasteiger partial charge >= 0.3 is 0 Å². The van der Waals surface area contributed by atoms with Gasteiger partial charge in [-0.3, -0.25) is 0 Å². The van der Waals surface area contributed by atoms with E-state index in [4.69, 9.17) is 4.74 Å². The van der Waals surface area contributed by atoms with Crippen LogP contribution in [0.2, 0.25) is 0 Å². The van der Waals surface area contributed by atoms with Crippen LogP contribution in [-0.2, 0) is 4.74 Å². The van der Waals surface area contributed by atoms with Crippen molar-refractivity contribution in [1.29, 1.82) is 0 Å². The van der Waals surface area contributed by atoms with E-state index >= 15 is 0 Å². The lowest BCUT2D eigenvalue weighted by Gasteiger charge is -2.22. The highest BCUT2D eigenvalue weighted by Crippen LogP contribution is 2.31. The molecule has 3 atom stereocenters. The SMILES string of the molecule is CC1CCC(CC(CNC2CC2)c2ccccc2F)O1. The molecule has 0 aromatic heterocycles. The molecule has 0 bridgehead atoms. The zero-order chi connectivity index (χ0) is 13.9. The predicted molar refractivity (Wildman–Crippen MR) is 78.4 cm³/mol. The second kappa shape index (κ2) is 6.23. The highest BCUT2D eigenvalue weighted by atomic mass is 19.1. The van der Waals surface area contributed by atoms with Gasteiger partial charge in [0.25, 0.3) is 0 Å². The summed E-state index contributed by atoms with van der Waals surface area (Å²) in [5.41, 5.74) is 0.837. The molecule has 1 aliphatic carbocycles. The van der Waals surface area contributed by atoms with Crippen LogP contribution < -0.4 is 5.32 Å². The molecule has 1 aliphatic heterocycles. The van der Waals surface area contributed by atoms with E-state index in [0.717, 1.165) is 31.4 Å². The van der Waals surface area contributed by atoms with Gasteiger partial charge in [0.1, 0.15) is 5.82 Å². The minimum absolute atomic E-state index is 0.0823. The van der Waals surface area contributed by atoms with E-state index in [-0.39, 0.29) is 17.8 Å². The molecule has 0 radical (unpaired) electrons. The van der Waals surface area contributed by atoms with Crippen LogP contribution in [0.1, 0.15) is 50.5 Å². The Labute approximate surface area is 120 Å². The summed E-state index contributed by atoms with van der Waals surface area (Å²) in [7, 11) is 0. The zero-order valence-electron chi connectivity index (χ0n) is 12.1. The molecular weight excluding hydrogens is 253 g/mol. The van der Waals surface area contributed by atoms with Crippen molar-refractivity contribution in [3.63, 3.8) is 0 Å². The van der Waals surface area contributed by atoms with Gasteiger partial charge in [-0.25, -0.2) is 4.39 Å². The number of nitrogens with one attached hydrogen (secondary N) is 1. The third kappa shape index (κ3) is 3.58. The summed E-state index contributed by atoms with van der Waals surface area (Å²) in [6.45, 7) is 2.99. The summed E-state index contributed by atoms with van der Waals surface area (Å²) in [6, 6.07) is 7.84. The van der Waals surface area contributed by atoms with Crippen molar-refractivity contribution in [2.75, 3.05) is 6.54 Å². The molecule has 3 rings (SSSR count). The first-order chi connectivity index (χ1) is 9.72. The maximum absolute atomic E-state index is 14.1. The van der Waals surface area contributed by atoms with Gasteiger partial charge in [-0.05, 0) is 50.7 Å². The number of hydrogen-bond donors (Lipinski definition) is 1. The van der Waals surface area contributed by atoms with E-state index in [1.807, 2.05) is 12.1 Å². The van der Waals surface area contributed by atoms with Gasteiger partial charge < -0.3 is 10.1 Å². The summed E-state index contributed by atoms with van der Waals surface area (Å²) < 4.78 is 20.0. The van der Waals surface area contributed by atoms with Gasteiger partial charge in [-0.2, -0.15) is 0 Å². The van der Waals surface area contributed by atoms with E-state index in [0.29, 0.717) is 12.1 Å². The third-order valence-electron chi connectivity index (χ3n) is 4.44. The standard InChI is InChI=1S/C17H24FNO/c1-12-6-9-15(20-12)10-13(11-19-14-7-8-14)16-4-2-3-5-17(16)18/h2-5,12-15,19H,6-11H2,1H3. The summed E-state index contributed by atoms with van der Waals surface area (Å²) in [5, 5.41) is 3.55. The molecule has 3 unspecified atom stereocenters. The Morgan fingerprint density at radius 1 is 1.25 bits per heavy atom. The molecule has 2 fully saturated rings. The lowest BCUT2D eigenvalue weighted by Crippen LogP contribution is -2.27. The van der Waals surface area contributed by atoms with Crippen molar-refractivity contribution in [2.24, 2.45) is 0 Å². The zero-order valence-corrected chi connectivity index (χ0v) is 12.1. The van der Waals surface area contributed by atoms with Crippen LogP contribution >= 0.6 is 0 Å². The molecule has 0 amide bonds. The third-order valence-corrected chi connectivity index (χ3v) is 4.44. The fourth-order valence-corrected chi connectivity index (χ4v) is 3.10. The summed E-state index contributed by atoms with van der Waals surface area (Å²) in [5.74, 6) is 0.133. The maximum atomic E-state index is 14.1. The summed E-state index contributed by atoms with van der Waals surface area (Å²) in [4.78, 5) is 0. The largest absolute Gasteiger partial charge is 0.375 e. The molecule has 1 heterocycles. The highest BCUT2D eigenvalue weighted by molar-refractivity contribution is 5.22. The second-order valence-corrected chi connectivity index (χ2v) is 6.28. The average Bonchev–Trinajstić information content (AvgIpc) is 3.18. The predicted octanol–water partition coefficient (Wildman–Crippen LogP) is 3.62. The molecule has 2 aliphatic rings. The lowest BCUT2D eigenvalue weighted by molar-refractivity contribution is 0.0464. The first-order valence-corrected chi connectivity index (χ1v) is 7.85. The topological polar surface area (TPSA) is 21.3 Å². The van der Waals surface area contributed by atoms with Crippen molar-refractivity contribution in [3.8, 4) is 0 Å². The maximum Gasteiger partial charge on any atom is 0.126 e. The van der Waals surface area contributed by atoms with Crippen LogP contribution in [0.3, 0.4) is 0 Å². The molecule has 1 N–H and O–H groups in total. The molecule has 20 heavy (non-hydrogen) atoms. The number of ether oxygens (including phenoxy) is 1. The fraction of sp³-hybridized carbons (Fsp3) is 0.647. The van der Waals surface area contributed by atoms with E-state index in [9.17, 15) is 4.39 Å². The highest BCUT2D eigenvalue weighted by Gasteiger charge is 2.28. The molecule has 1 aromatic carbocycles. The molecular formula is C17H24FNO. The molecule has 1 saturated carbocycles. The fourth-order valence-electron chi connectivity index (χ4n) is 3.10. The van der Waals surface area contributed by atoms with Gasteiger partial charge in [-0.15, -0.1) is 0 Å². The van der Waals surface area contributed by atoms with Crippen LogP contribution in [0.5, 0.6) is 0 Å². The monoisotopic (exact) mass is 277 g/mol. The minimum atomic E-state index is -0.0823. The Hall–Kier alpha value is -0.930. The molecule has 1 aromatic rings. The van der Waals surface area contributed by atoms with E-state index < -0.39 is 0 Å². The Bertz CT molecular complexity index is 446. The second-order valence-electron chi connectivity index (χ2n) is 6.28. The van der Waals surface area contributed by atoms with E-state index in [1.54, 1.807) is 12.1 Å². The Morgan fingerprint density at radius 2 is 2.05 bits per heavy atom. The van der Waals surface area contributed by atoms with Gasteiger partial charge in [0.15, 0.2) is 0 Å². The van der Waals surface area contributed by atoms with Gasteiger partial charge in [0.2, 0.25) is 0 Å². The van der Waals surface area contributed by atoms with Crippen molar-refractivity contribution in [3.05, 3.63) is 35.6 Å². The Kier molecular flexibility index (Phi) is 4.37.